The van der Waals surface area contributed by atoms with Gasteiger partial charge in [0.25, 0.3) is 0 Å². The van der Waals surface area contributed by atoms with Crippen LogP contribution in [0.1, 0.15) is 25.8 Å². The molecule has 0 bridgehead atoms. The smallest absolute Gasteiger partial charge is 0.304 e. The molecule has 2 aromatic rings. The van der Waals surface area contributed by atoms with Gasteiger partial charge in [-0.1, -0.05) is 26.0 Å². The van der Waals surface area contributed by atoms with Crippen LogP contribution in [0.15, 0.2) is 34.9 Å². The number of carboxylic acids is 1. The molecule has 0 aliphatic heterocycles. The van der Waals surface area contributed by atoms with Gasteiger partial charge in [0.05, 0.1) is 12.7 Å². The van der Waals surface area contributed by atoms with Crippen LogP contribution >= 0.6 is 0 Å². The van der Waals surface area contributed by atoms with Crippen molar-refractivity contribution < 1.29 is 14.3 Å². The first-order chi connectivity index (χ1) is 7.50. The molecule has 0 spiro atoms. The average Bonchev–Trinajstić information content (AvgIpc) is 2.62. The molecule has 84 valence electrons. The van der Waals surface area contributed by atoms with Gasteiger partial charge in [0, 0.05) is 10.8 Å². The highest BCUT2D eigenvalue weighted by molar-refractivity contribution is 5.83. The maximum Gasteiger partial charge on any atom is 0.304 e. The second-order valence-corrected chi connectivity index (χ2v) is 4.59. The molecule has 1 aromatic carbocycles. The molecule has 0 fully saturated rings. The van der Waals surface area contributed by atoms with Crippen molar-refractivity contribution in [1.29, 1.82) is 0 Å². The van der Waals surface area contributed by atoms with Crippen molar-refractivity contribution in [2.24, 2.45) is 0 Å². The van der Waals surface area contributed by atoms with Gasteiger partial charge in [-0.2, -0.15) is 0 Å². The van der Waals surface area contributed by atoms with Crippen molar-refractivity contribution in [3.63, 3.8) is 0 Å². The Labute approximate surface area is 93.7 Å². The van der Waals surface area contributed by atoms with Gasteiger partial charge in [-0.25, -0.2) is 0 Å². The highest BCUT2D eigenvalue weighted by atomic mass is 16.4. The second-order valence-electron chi connectivity index (χ2n) is 4.59. The van der Waals surface area contributed by atoms with Crippen molar-refractivity contribution in [3.8, 4) is 0 Å². The third kappa shape index (κ3) is 1.81. The Balaban J connectivity index is 2.53. The van der Waals surface area contributed by atoms with Crippen molar-refractivity contribution >= 4 is 16.9 Å². The number of fused-ring (bicyclic) bond motifs is 1. The number of aliphatic carboxylic acids is 1. The van der Waals surface area contributed by atoms with E-state index in [2.05, 4.69) is 0 Å². The molecule has 0 amide bonds. The van der Waals surface area contributed by atoms with Crippen LogP contribution in [0, 0.1) is 0 Å². The molecule has 16 heavy (non-hydrogen) atoms. The van der Waals surface area contributed by atoms with E-state index >= 15 is 0 Å². The molecule has 1 heterocycles. The molecule has 0 radical (unpaired) electrons. The summed E-state index contributed by atoms with van der Waals surface area (Å²) in [6, 6.07) is 7.62. The van der Waals surface area contributed by atoms with Crippen molar-refractivity contribution in [2.75, 3.05) is 0 Å². The molecule has 2 rings (SSSR count). The van der Waals surface area contributed by atoms with Gasteiger partial charge in [-0.15, -0.1) is 0 Å². The molecule has 0 aliphatic rings. The normalized spacial score (nSPS) is 11.9. The van der Waals surface area contributed by atoms with Crippen LogP contribution in [0.4, 0.5) is 0 Å². The van der Waals surface area contributed by atoms with Crippen molar-refractivity contribution in [1.82, 2.24) is 0 Å². The predicted octanol–water partition coefficient (Wildman–Crippen LogP) is 3.19. The standard InChI is InChI=1S/C13H14O3/c1-13(2,8-12(14)15)10-4-3-5-11-9(10)6-7-16-11/h3-7H,8H2,1-2H3,(H,14,15). The first-order valence-corrected chi connectivity index (χ1v) is 5.19. The SMILES string of the molecule is CC(C)(CC(=O)O)c1cccc2occc12. The van der Waals surface area contributed by atoms with Crippen molar-refractivity contribution in [3.05, 3.63) is 36.1 Å². The van der Waals surface area contributed by atoms with Gasteiger partial charge in [0.1, 0.15) is 5.58 Å². The summed E-state index contributed by atoms with van der Waals surface area (Å²) >= 11 is 0. The Morgan fingerprint density at radius 1 is 1.38 bits per heavy atom. The maximum absolute atomic E-state index is 10.8. The maximum atomic E-state index is 10.8. The van der Waals surface area contributed by atoms with E-state index in [-0.39, 0.29) is 6.42 Å². The third-order valence-corrected chi connectivity index (χ3v) is 2.82. The summed E-state index contributed by atoms with van der Waals surface area (Å²) in [7, 11) is 0. The molecule has 0 unspecified atom stereocenters. The molecule has 1 N–H and O–H groups in total. The fourth-order valence-corrected chi connectivity index (χ4v) is 2.06. The zero-order chi connectivity index (χ0) is 11.8. The topological polar surface area (TPSA) is 50.4 Å². The minimum absolute atomic E-state index is 0.108. The van der Waals surface area contributed by atoms with Crippen LogP contribution in [-0.4, -0.2) is 11.1 Å². The zero-order valence-corrected chi connectivity index (χ0v) is 9.36. The molecule has 0 aliphatic carbocycles. The lowest BCUT2D eigenvalue weighted by atomic mass is 9.80. The number of hydrogen-bond acceptors (Lipinski definition) is 2. The quantitative estimate of drug-likeness (QED) is 0.860. The molecular formula is C13H14O3. The first kappa shape index (κ1) is 10.7. The van der Waals surface area contributed by atoms with Crippen LogP contribution in [0.2, 0.25) is 0 Å². The Kier molecular flexibility index (Phi) is 2.46. The molecule has 0 saturated heterocycles. The summed E-state index contributed by atoms with van der Waals surface area (Å²) in [5.74, 6) is -0.787. The van der Waals surface area contributed by atoms with E-state index < -0.39 is 11.4 Å². The minimum Gasteiger partial charge on any atom is -0.481 e. The Hall–Kier alpha value is -1.77. The van der Waals surface area contributed by atoms with Crippen LogP contribution in [0.5, 0.6) is 0 Å². The molecule has 3 nitrogen and oxygen atoms in total. The lowest BCUT2D eigenvalue weighted by molar-refractivity contribution is -0.138. The summed E-state index contributed by atoms with van der Waals surface area (Å²) in [6.45, 7) is 3.87. The van der Waals surface area contributed by atoms with Gasteiger partial charge in [0.2, 0.25) is 0 Å². The number of rotatable bonds is 3. The number of benzene rings is 1. The van der Waals surface area contributed by atoms with Crippen LogP contribution in [-0.2, 0) is 10.2 Å². The fourth-order valence-electron chi connectivity index (χ4n) is 2.06. The lowest BCUT2D eigenvalue weighted by Crippen LogP contribution is -2.21. The predicted molar refractivity (Wildman–Crippen MR) is 61.5 cm³/mol. The molecular weight excluding hydrogens is 204 g/mol. The summed E-state index contributed by atoms with van der Waals surface area (Å²) in [5.41, 5.74) is 1.42. The summed E-state index contributed by atoms with van der Waals surface area (Å²) in [6.07, 6.45) is 1.74. The fraction of sp³-hybridized carbons (Fsp3) is 0.308. The monoisotopic (exact) mass is 218 g/mol. The first-order valence-electron chi connectivity index (χ1n) is 5.19. The summed E-state index contributed by atoms with van der Waals surface area (Å²) in [5, 5.41) is 9.90. The van der Waals surface area contributed by atoms with E-state index in [9.17, 15) is 4.79 Å². The number of furan rings is 1. The second kappa shape index (κ2) is 3.67. The molecule has 1 aromatic heterocycles. The van der Waals surface area contributed by atoms with Gasteiger partial charge in [-0.3, -0.25) is 4.79 Å². The van der Waals surface area contributed by atoms with Gasteiger partial charge in [0.15, 0.2) is 0 Å². The van der Waals surface area contributed by atoms with Crippen LogP contribution in [0.25, 0.3) is 11.0 Å². The summed E-state index contributed by atoms with van der Waals surface area (Å²) in [4.78, 5) is 10.8. The van der Waals surface area contributed by atoms with Crippen molar-refractivity contribution in [2.45, 2.75) is 25.7 Å². The summed E-state index contributed by atoms with van der Waals surface area (Å²) < 4.78 is 5.31. The highest BCUT2D eigenvalue weighted by Gasteiger charge is 2.26. The zero-order valence-electron chi connectivity index (χ0n) is 9.36. The largest absolute Gasteiger partial charge is 0.481 e. The minimum atomic E-state index is -0.787. The highest BCUT2D eigenvalue weighted by Crippen LogP contribution is 2.33. The Morgan fingerprint density at radius 2 is 2.12 bits per heavy atom. The number of hydrogen-bond donors (Lipinski definition) is 1. The van der Waals surface area contributed by atoms with E-state index in [1.54, 1.807) is 6.26 Å². The Morgan fingerprint density at radius 3 is 2.81 bits per heavy atom. The van der Waals surface area contributed by atoms with E-state index in [0.29, 0.717) is 0 Å². The van der Waals surface area contributed by atoms with Crippen LogP contribution in [0.3, 0.4) is 0 Å². The van der Waals surface area contributed by atoms with E-state index in [4.69, 9.17) is 9.52 Å². The lowest BCUT2D eigenvalue weighted by Gasteiger charge is -2.23. The van der Waals surface area contributed by atoms with E-state index in [0.717, 1.165) is 16.5 Å². The van der Waals surface area contributed by atoms with Gasteiger partial charge >= 0.3 is 5.97 Å². The van der Waals surface area contributed by atoms with E-state index in [1.807, 2.05) is 38.1 Å². The van der Waals surface area contributed by atoms with E-state index in [1.165, 1.54) is 0 Å². The molecule has 3 heteroatoms. The third-order valence-electron chi connectivity index (χ3n) is 2.82. The number of carbonyl (C=O) groups is 1. The van der Waals surface area contributed by atoms with Crippen LogP contribution < -0.4 is 0 Å². The van der Waals surface area contributed by atoms with Gasteiger partial charge in [-0.05, 0) is 17.7 Å². The number of carboxylic acid groups (broad SMARTS) is 1. The molecule has 0 atom stereocenters. The molecule has 0 saturated carbocycles. The average molecular weight is 218 g/mol. The van der Waals surface area contributed by atoms with Gasteiger partial charge < -0.3 is 9.52 Å². The Bertz CT molecular complexity index is 523.